The van der Waals surface area contributed by atoms with Crippen LogP contribution in [0.4, 0.5) is 5.69 Å². The molecule has 0 unspecified atom stereocenters. The van der Waals surface area contributed by atoms with Crippen molar-refractivity contribution in [1.82, 2.24) is 0 Å². The van der Waals surface area contributed by atoms with Crippen LogP contribution in [0.2, 0.25) is 5.02 Å². The van der Waals surface area contributed by atoms with E-state index in [1.807, 2.05) is 38.1 Å². The third-order valence-electron chi connectivity index (χ3n) is 5.80. The number of ether oxygens (including phenoxy) is 1. The molecular weight excluding hydrogens is 384 g/mol. The zero-order valence-electron chi connectivity index (χ0n) is 17.0. The number of nitriles is 1. The van der Waals surface area contributed by atoms with Crippen LogP contribution in [0.5, 0.6) is 5.75 Å². The SMILES string of the molecule is CC[C@@H](C)Oc1ccc(NC(=O)C2(c3ccccc3Cl)CCCCC2)c(C#N)c1. The third-order valence-corrected chi connectivity index (χ3v) is 6.13. The van der Waals surface area contributed by atoms with E-state index in [2.05, 4.69) is 11.4 Å². The van der Waals surface area contributed by atoms with Crippen LogP contribution in [0.15, 0.2) is 42.5 Å². The van der Waals surface area contributed by atoms with E-state index in [4.69, 9.17) is 16.3 Å². The van der Waals surface area contributed by atoms with Crippen molar-refractivity contribution >= 4 is 23.2 Å². The molecule has 1 fully saturated rings. The summed E-state index contributed by atoms with van der Waals surface area (Å²) in [7, 11) is 0. The second-order valence-electron chi connectivity index (χ2n) is 7.73. The Hall–Kier alpha value is -2.51. The van der Waals surface area contributed by atoms with E-state index in [9.17, 15) is 10.1 Å². The summed E-state index contributed by atoms with van der Waals surface area (Å²) in [6.45, 7) is 4.03. The van der Waals surface area contributed by atoms with Gasteiger partial charge < -0.3 is 10.1 Å². The Labute approximate surface area is 177 Å². The molecule has 1 atom stereocenters. The number of hydrogen-bond donors (Lipinski definition) is 1. The average molecular weight is 411 g/mol. The van der Waals surface area contributed by atoms with Gasteiger partial charge in [0.15, 0.2) is 0 Å². The Morgan fingerprint density at radius 1 is 1.24 bits per heavy atom. The highest BCUT2D eigenvalue weighted by molar-refractivity contribution is 6.31. The van der Waals surface area contributed by atoms with E-state index in [0.717, 1.165) is 44.1 Å². The lowest BCUT2D eigenvalue weighted by Crippen LogP contribution is -2.42. The van der Waals surface area contributed by atoms with Crippen LogP contribution < -0.4 is 10.1 Å². The number of hydrogen-bond acceptors (Lipinski definition) is 3. The Kier molecular flexibility index (Phi) is 6.82. The molecule has 1 saturated carbocycles. The van der Waals surface area contributed by atoms with Crippen LogP contribution in [0.25, 0.3) is 0 Å². The van der Waals surface area contributed by atoms with Crippen LogP contribution in [-0.4, -0.2) is 12.0 Å². The molecule has 0 spiro atoms. The zero-order chi connectivity index (χ0) is 20.9. The first-order valence-electron chi connectivity index (χ1n) is 10.3. The maximum Gasteiger partial charge on any atom is 0.235 e. The van der Waals surface area contributed by atoms with Gasteiger partial charge >= 0.3 is 0 Å². The number of amides is 1. The molecule has 5 heteroatoms. The maximum atomic E-state index is 13.5. The molecule has 0 aliphatic heterocycles. The first-order valence-corrected chi connectivity index (χ1v) is 10.6. The summed E-state index contributed by atoms with van der Waals surface area (Å²) in [5.41, 5.74) is 1.10. The second-order valence-corrected chi connectivity index (χ2v) is 8.14. The van der Waals surface area contributed by atoms with Gasteiger partial charge in [-0.1, -0.05) is 56.0 Å². The van der Waals surface area contributed by atoms with Crippen molar-refractivity contribution in [3.8, 4) is 11.8 Å². The topological polar surface area (TPSA) is 62.1 Å². The average Bonchev–Trinajstić information content (AvgIpc) is 2.75. The van der Waals surface area contributed by atoms with Crippen LogP contribution in [0, 0.1) is 11.3 Å². The molecule has 0 aromatic heterocycles. The molecule has 2 aromatic carbocycles. The van der Waals surface area contributed by atoms with Crippen molar-refractivity contribution in [2.75, 3.05) is 5.32 Å². The minimum absolute atomic E-state index is 0.0627. The fraction of sp³-hybridized carbons (Fsp3) is 0.417. The minimum Gasteiger partial charge on any atom is -0.491 e. The molecule has 1 amide bonds. The van der Waals surface area contributed by atoms with Crippen molar-refractivity contribution in [3.05, 3.63) is 58.6 Å². The summed E-state index contributed by atoms with van der Waals surface area (Å²) in [5, 5.41) is 13.2. The first kappa shape index (κ1) is 21.2. The molecule has 0 radical (unpaired) electrons. The number of anilines is 1. The number of benzene rings is 2. The quantitative estimate of drug-likeness (QED) is 0.613. The van der Waals surface area contributed by atoms with Gasteiger partial charge in [0.2, 0.25) is 5.91 Å². The third kappa shape index (κ3) is 4.57. The van der Waals surface area contributed by atoms with Crippen molar-refractivity contribution in [3.63, 3.8) is 0 Å². The smallest absolute Gasteiger partial charge is 0.235 e. The monoisotopic (exact) mass is 410 g/mol. The summed E-state index contributed by atoms with van der Waals surface area (Å²) in [5.74, 6) is 0.532. The highest BCUT2D eigenvalue weighted by atomic mass is 35.5. The lowest BCUT2D eigenvalue weighted by Gasteiger charge is -2.37. The predicted molar refractivity (Wildman–Crippen MR) is 116 cm³/mol. The van der Waals surface area contributed by atoms with Gasteiger partial charge in [0.05, 0.1) is 22.8 Å². The highest BCUT2D eigenvalue weighted by Crippen LogP contribution is 2.43. The van der Waals surface area contributed by atoms with Gasteiger partial charge in [0, 0.05) is 11.1 Å². The molecule has 1 N–H and O–H groups in total. The first-order chi connectivity index (χ1) is 14.0. The summed E-state index contributed by atoms with van der Waals surface area (Å²) in [6, 6.07) is 15.0. The van der Waals surface area contributed by atoms with E-state index in [1.165, 1.54) is 0 Å². The van der Waals surface area contributed by atoms with Crippen molar-refractivity contribution in [2.45, 2.75) is 63.9 Å². The van der Waals surface area contributed by atoms with Crippen LogP contribution in [0.1, 0.15) is 63.5 Å². The van der Waals surface area contributed by atoms with Crippen LogP contribution in [0.3, 0.4) is 0 Å². The van der Waals surface area contributed by atoms with Gasteiger partial charge in [-0.2, -0.15) is 5.26 Å². The molecular formula is C24H27ClN2O2. The number of nitrogens with one attached hydrogen (secondary N) is 1. The molecule has 1 aliphatic carbocycles. The van der Waals surface area contributed by atoms with E-state index in [1.54, 1.807) is 18.2 Å². The van der Waals surface area contributed by atoms with E-state index < -0.39 is 5.41 Å². The van der Waals surface area contributed by atoms with Crippen molar-refractivity contribution in [2.24, 2.45) is 0 Å². The number of halogens is 1. The summed E-state index contributed by atoms with van der Waals surface area (Å²) < 4.78 is 5.81. The Morgan fingerprint density at radius 2 is 1.97 bits per heavy atom. The van der Waals surface area contributed by atoms with Crippen LogP contribution in [-0.2, 0) is 10.2 Å². The maximum absolute atomic E-state index is 13.5. The fourth-order valence-corrected chi connectivity index (χ4v) is 4.30. The number of carbonyl (C=O) groups excluding carboxylic acids is 1. The molecule has 2 aromatic rings. The van der Waals surface area contributed by atoms with Crippen LogP contribution >= 0.6 is 11.6 Å². The molecule has 1 aliphatic rings. The Morgan fingerprint density at radius 3 is 2.62 bits per heavy atom. The standard InChI is InChI=1S/C24H27ClN2O2/c1-3-17(2)29-19-11-12-22(18(15-19)16-26)27-23(28)24(13-7-4-8-14-24)20-9-5-6-10-21(20)25/h5-6,9-12,15,17H,3-4,7-8,13-14H2,1-2H3,(H,27,28)/t17-/m1/s1. The molecule has 0 saturated heterocycles. The molecule has 29 heavy (non-hydrogen) atoms. The van der Waals surface area contributed by atoms with Gasteiger partial charge in [-0.25, -0.2) is 0 Å². The van der Waals surface area contributed by atoms with E-state index in [-0.39, 0.29) is 12.0 Å². The Bertz CT molecular complexity index is 913. The van der Waals surface area contributed by atoms with Gasteiger partial charge in [-0.15, -0.1) is 0 Å². The Balaban J connectivity index is 1.91. The summed E-state index contributed by atoms with van der Waals surface area (Å²) in [4.78, 5) is 13.5. The van der Waals surface area contributed by atoms with E-state index >= 15 is 0 Å². The largest absolute Gasteiger partial charge is 0.491 e. The normalized spacial score (nSPS) is 16.5. The van der Waals surface area contributed by atoms with Crippen molar-refractivity contribution < 1.29 is 9.53 Å². The van der Waals surface area contributed by atoms with Crippen molar-refractivity contribution in [1.29, 1.82) is 5.26 Å². The molecule has 152 valence electrons. The predicted octanol–water partition coefficient (Wildman–Crippen LogP) is 6.23. The lowest BCUT2D eigenvalue weighted by atomic mass is 9.68. The number of rotatable bonds is 6. The molecule has 4 nitrogen and oxygen atoms in total. The summed E-state index contributed by atoms with van der Waals surface area (Å²) in [6.07, 6.45) is 5.51. The number of nitrogens with zero attached hydrogens (tertiary/aromatic N) is 1. The minimum atomic E-state index is -0.671. The highest BCUT2D eigenvalue weighted by Gasteiger charge is 2.42. The van der Waals surface area contributed by atoms with Gasteiger partial charge in [0.1, 0.15) is 11.8 Å². The summed E-state index contributed by atoms with van der Waals surface area (Å²) >= 11 is 6.49. The lowest BCUT2D eigenvalue weighted by molar-refractivity contribution is -0.122. The zero-order valence-corrected chi connectivity index (χ0v) is 17.8. The second kappa shape index (κ2) is 9.33. The molecule has 0 heterocycles. The van der Waals surface area contributed by atoms with Gasteiger partial charge in [-0.05, 0) is 49.9 Å². The molecule has 3 rings (SSSR count). The fourth-order valence-electron chi connectivity index (χ4n) is 3.98. The van der Waals surface area contributed by atoms with Gasteiger partial charge in [0.25, 0.3) is 0 Å². The molecule has 0 bridgehead atoms. The van der Waals surface area contributed by atoms with E-state index in [0.29, 0.717) is 22.0 Å². The number of carbonyl (C=O) groups is 1. The van der Waals surface area contributed by atoms with Gasteiger partial charge in [-0.3, -0.25) is 4.79 Å².